The second kappa shape index (κ2) is 6.35. The number of aromatic nitrogens is 1. The maximum Gasteiger partial charge on any atom is 0.224 e. The van der Waals surface area contributed by atoms with Crippen molar-refractivity contribution in [3.05, 3.63) is 72.2 Å². The van der Waals surface area contributed by atoms with Gasteiger partial charge in [-0.25, -0.2) is 4.39 Å². The van der Waals surface area contributed by atoms with Crippen molar-refractivity contribution >= 4 is 22.5 Å². The second-order valence-electron chi connectivity index (χ2n) is 5.02. The number of pyridine rings is 1. The second-order valence-corrected chi connectivity index (χ2v) is 5.02. The molecule has 0 aliphatic heterocycles. The zero-order valence-electron chi connectivity index (χ0n) is 11.9. The van der Waals surface area contributed by atoms with Gasteiger partial charge in [0.1, 0.15) is 5.82 Å². The van der Waals surface area contributed by atoms with Crippen LogP contribution in [0, 0.1) is 5.82 Å². The number of benzene rings is 2. The molecule has 0 unspecified atom stereocenters. The minimum absolute atomic E-state index is 0.151. The van der Waals surface area contributed by atoms with Crippen LogP contribution < -0.4 is 5.32 Å². The van der Waals surface area contributed by atoms with E-state index in [1.807, 2.05) is 30.3 Å². The molecule has 0 saturated heterocycles. The molecule has 0 aliphatic rings. The summed E-state index contributed by atoms with van der Waals surface area (Å²) in [7, 11) is 0. The summed E-state index contributed by atoms with van der Waals surface area (Å²) in [5.74, 6) is -0.427. The Hall–Kier alpha value is -2.75. The predicted molar refractivity (Wildman–Crippen MR) is 85.1 cm³/mol. The molecule has 3 aromatic rings. The van der Waals surface area contributed by atoms with Crippen LogP contribution in [-0.2, 0) is 11.2 Å². The molecule has 22 heavy (non-hydrogen) atoms. The Morgan fingerprint density at radius 3 is 2.73 bits per heavy atom. The Morgan fingerprint density at radius 1 is 1.05 bits per heavy atom. The molecular weight excluding hydrogens is 279 g/mol. The lowest BCUT2D eigenvalue weighted by Crippen LogP contribution is -2.13. The molecule has 0 spiro atoms. The van der Waals surface area contributed by atoms with E-state index in [2.05, 4.69) is 10.3 Å². The van der Waals surface area contributed by atoms with Crippen LogP contribution in [0.4, 0.5) is 10.1 Å². The van der Waals surface area contributed by atoms with E-state index < -0.39 is 0 Å². The molecule has 2 aromatic carbocycles. The lowest BCUT2D eigenvalue weighted by atomic mass is 10.1. The van der Waals surface area contributed by atoms with Gasteiger partial charge in [0.2, 0.25) is 5.91 Å². The maximum atomic E-state index is 13.5. The fourth-order valence-electron chi connectivity index (χ4n) is 2.37. The highest BCUT2D eigenvalue weighted by Gasteiger charge is 2.08. The van der Waals surface area contributed by atoms with E-state index in [0.717, 1.165) is 10.9 Å². The van der Waals surface area contributed by atoms with Crippen molar-refractivity contribution in [2.45, 2.75) is 12.8 Å². The Balaban J connectivity index is 1.70. The molecule has 1 heterocycles. The molecule has 0 bridgehead atoms. The van der Waals surface area contributed by atoms with Crippen molar-refractivity contribution in [3.63, 3.8) is 0 Å². The molecule has 1 N–H and O–H groups in total. The molecule has 0 saturated carbocycles. The van der Waals surface area contributed by atoms with Crippen LogP contribution in [0.15, 0.2) is 60.8 Å². The summed E-state index contributed by atoms with van der Waals surface area (Å²) in [6, 6.07) is 15.9. The summed E-state index contributed by atoms with van der Waals surface area (Å²) in [5, 5.41) is 3.82. The summed E-state index contributed by atoms with van der Waals surface area (Å²) in [4.78, 5) is 16.4. The van der Waals surface area contributed by atoms with Crippen molar-refractivity contribution < 1.29 is 9.18 Å². The number of carbonyl (C=O) groups excluding carboxylic acids is 1. The van der Waals surface area contributed by atoms with E-state index in [-0.39, 0.29) is 18.1 Å². The fourth-order valence-corrected chi connectivity index (χ4v) is 2.37. The van der Waals surface area contributed by atoms with Crippen LogP contribution >= 0.6 is 0 Å². The van der Waals surface area contributed by atoms with E-state index in [9.17, 15) is 9.18 Å². The van der Waals surface area contributed by atoms with Crippen LogP contribution in [0.3, 0.4) is 0 Å². The van der Waals surface area contributed by atoms with Gasteiger partial charge in [0.25, 0.3) is 0 Å². The average Bonchev–Trinajstić information content (AvgIpc) is 2.54. The number of nitrogens with one attached hydrogen (secondary N) is 1. The van der Waals surface area contributed by atoms with Crippen LogP contribution in [0.5, 0.6) is 0 Å². The molecule has 0 aliphatic carbocycles. The highest BCUT2D eigenvalue weighted by molar-refractivity contribution is 6.00. The summed E-state index contributed by atoms with van der Waals surface area (Å²) in [6.07, 6.45) is 2.29. The van der Waals surface area contributed by atoms with Crippen molar-refractivity contribution in [1.82, 2.24) is 4.98 Å². The highest BCUT2D eigenvalue weighted by Crippen LogP contribution is 2.21. The lowest BCUT2D eigenvalue weighted by Gasteiger charge is -2.08. The van der Waals surface area contributed by atoms with E-state index in [1.54, 1.807) is 24.4 Å². The number of aryl methyl sites for hydroxylation is 1. The van der Waals surface area contributed by atoms with Gasteiger partial charge in [0, 0.05) is 18.0 Å². The minimum atomic E-state index is -0.276. The zero-order valence-corrected chi connectivity index (χ0v) is 11.9. The lowest BCUT2D eigenvalue weighted by molar-refractivity contribution is -0.116. The Bertz CT molecular complexity index is 812. The van der Waals surface area contributed by atoms with Gasteiger partial charge in [-0.15, -0.1) is 0 Å². The van der Waals surface area contributed by atoms with Crippen molar-refractivity contribution in [3.8, 4) is 0 Å². The number of rotatable bonds is 4. The summed E-state index contributed by atoms with van der Waals surface area (Å²) < 4.78 is 13.5. The first kappa shape index (κ1) is 14.2. The van der Waals surface area contributed by atoms with Crippen LogP contribution in [0.2, 0.25) is 0 Å². The first-order valence-electron chi connectivity index (χ1n) is 7.11. The SMILES string of the molecule is O=C(CCc1ccccc1F)Nc1cccc2cccnc12. The quantitative estimate of drug-likeness (QED) is 0.791. The molecule has 3 nitrogen and oxygen atoms in total. The van der Waals surface area contributed by atoms with Crippen molar-refractivity contribution in [1.29, 1.82) is 0 Å². The normalized spacial score (nSPS) is 10.6. The van der Waals surface area contributed by atoms with Gasteiger partial charge in [-0.2, -0.15) is 0 Å². The predicted octanol–water partition coefficient (Wildman–Crippen LogP) is 3.95. The summed E-state index contributed by atoms with van der Waals surface area (Å²) >= 11 is 0. The molecule has 0 fully saturated rings. The van der Waals surface area contributed by atoms with Crippen molar-refractivity contribution in [2.24, 2.45) is 0 Å². The highest BCUT2D eigenvalue weighted by atomic mass is 19.1. The van der Waals surface area contributed by atoms with Gasteiger partial charge in [-0.3, -0.25) is 9.78 Å². The number of halogens is 1. The third kappa shape index (κ3) is 3.11. The number of carbonyl (C=O) groups is 1. The van der Waals surface area contributed by atoms with E-state index in [4.69, 9.17) is 0 Å². The number of anilines is 1. The van der Waals surface area contributed by atoms with Crippen molar-refractivity contribution in [2.75, 3.05) is 5.32 Å². The standard InChI is InChI=1S/C18H15FN2O/c19-15-8-2-1-5-13(15)10-11-17(22)21-16-9-3-6-14-7-4-12-20-18(14)16/h1-9,12H,10-11H2,(H,21,22). The van der Waals surface area contributed by atoms with Crippen LogP contribution in [-0.4, -0.2) is 10.9 Å². The van der Waals surface area contributed by atoms with E-state index in [1.165, 1.54) is 6.07 Å². The zero-order chi connectivity index (χ0) is 15.4. The first-order chi connectivity index (χ1) is 10.7. The number of hydrogen-bond donors (Lipinski definition) is 1. The topological polar surface area (TPSA) is 42.0 Å². The first-order valence-corrected chi connectivity index (χ1v) is 7.11. The molecule has 3 rings (SSSR count). The molecular formula is C18H15FN2O. The number of para-hydroxylation sites is 1. The third-order valence-electron chi connectivity index (χ3n) is 3.49. The van der Waals surface area contributed by atoms with E-state index in [0.29, 0.717) is 17.7 Å². The third-order valence-corrected chi connectivity index (χ3v) is 3.49. The van der Waals surface area contributed by atoms with Gasteiger partial charge in [-0.1, -0.05) is 36.4 Å². The van der Waals surface area contributed by atoms with Gasteiger partial charge in [0.05, 0.1) is 11.2 Å². The Kier molecular flexibility index (Phi) is 4.10. The molecule has 0 atom stereocenters. The monoisotopic (exact) mass is 294 g/mol. The maximum absolute atomic E-state index is 13.5. The molecule has 110 valence electrons. The fraction of sp³-hybridized carbons (Fsp3) is 0.111. The number of nitrogens with zero attached hydrogens (tertiary/aromatic N) is 1. The summed E-state index contributed by atoms with van der Waals surface area (Å²) in [5.41, 5.74) is 1.98. The van der Waals surface area contributed by atoms with E-state index >= 15 is 0 Å². The molecule has 0 radical (unpaired) electrons. The van der Waals surface area contributed by atoms with Gasteiger partial charge < -0.3 is 5.32 Å². The molecule has 1 amide bonds. The summed E-state index contributed by atoms with van der Waals surface area (Å²) in [6.45, 7) is 0. The largest absolute Gasteiger partial charge is 0.324 e. The Labute approximate surface area is 127 Å². The molecule has 4 heteroatoms. The van der Waals surface area contributed by atoms with Crippen LogP contribution in [0.25, 0.3) is 10.9 Å². The van der Waals surface area contributed by atoms with Crippen LogP contribution in [0.1, 0.15) is 12.0 Å². The van der Waals surface area contributed by atoms with Gasteiger partial charge >= 0.3 is 0 Å². The van der Waals surface area contributed by atoms with Gasteiger partial charge in [0.15, 0.2) is 0 Å². The smallest absolute Gasteiger partial charge is 0.224 e. The van der Waals surface area contributed by atoms with Gasteiger partial charge in [-0.05, 0) is 30.2 Å². The number of fused-ring (bicyclic) bond motifs is 1. The number of hydrogen-bond acceptors (Lipinski definition) is 2. The average molecular weight is 294 g/mol. The Morgan fingerprint density at radius 2 is 1.86 bits per heavy atom. The minimum Gasteiger partial charge on any atom is -0.324 e. The number of amides is 1. The molecule has 1 aromatic heterocycles.